The van der Waals surface area contributed by atoms with E-state index >= 15 is 0 Å². The lowest BCUT2D eigenvalue weighted by molar-refractivity contribution is -0.120. The fourth-order valence-electron chi connectivity index (χ4n) is 3.49. The van der Waals surface area contributed by atoms with Crippen molar-refractivity contribution in [2.75, 3.05) is 11.1 Å². The van der Waals surface area contributed by atoms with Crippen LogP contribution < -0.4 is 11.1 Å². The monoisotopic (exact) mass is 366 g/mol. The van der Waals surface area contributed by atoms with E-state index in [0.29, 0.717) is 11.6 Å². The number of carbonyl (C=O) groups excluding carboxylic acids is 1. The minimum Gasteiger partial charge on any atom is -0.399 e. The Bertz CT molecular complexity index is 722. The molecule has 0 aliphatic heterocycles. The molecule has 0 heterocycles. The molecule has 3 heteroatoms. The molecule has 0 radical (unpaired) electrons. The van der Waals surface area contributed by atoms with Crippen LogP contribution >= 0.6 is 0 Å². The van der Waals surface area contributed by atoms with Gasteiger partial charge in [-0.1, -0.05) is 71.4 Å². The highest BCUT2D eigenvalue weighted by Crippen LogP contribution is 2.43. The number of amides is 1. The number of carbonyl (C=O) groups is 1. The van der Waals surface area contributed by atoms with Crippen LogP contribution in [0, 0.1) is 17.3 Å². The lowest BCUT2D eigenvalue weighted by Gasteiger charge is -2.37. The molecule has 2 aromatic carbocycles. The van der Waals surface area contributed by atoms with Crippen molar-refractivity contribution in [1.29, 1.82) is 0 Å². The molecule has 0 fully saturated rings. The number of anilines is 2. The molecule has 3 nitrogen and oxygen atoms in total. The summed E-state index contributed by atoms with van der Waals surface area (Å²) in [5.74, 6) is 0.690. The van der Waals surface area contributed by atoms with Crippen molar-refractivity contribution in [3.05, 3.63) is 60.2 Å². The fourth-order valence-corrected chi connectivity index (χ4v) is 3.49. The summed E-state index contributed by atoms with van der Waals surface area (Å²) in [6.07, 6.45) is 2.09. The Labute approximate surface area is 164 Å². The van der Waals surface area contributed by atoms with Crippen LogP contribution in [-0.2, 0) is 4.79 Å². The van der Waals surface area contributed by atoms with Gasteiger partial charge in [0.2, 0.25) is 5.91 Å². The van der Waals surface area contributed by atoms with Gasteiger partial charge in [0, 0.05) is 17.3 Å². The predicted octanol–water partition coefficient (Wildman–Crippen LogP) is 6.09. The van der Waals surface area contributed by atoms with Crippen molar-refractivity contribution in [2.24, 2.45) is 17.3 Å². The van der Waals surface area contributed by atoms with Crippen molar-refractivity contribution in [1.82, 2.24) is 0 Å². The van der Waals surface area contributed by atoms with Gasteiger partial charge in [-0.3, -0.25) is 4.79 Å². The number of benzene rings is 2. The SMILES string of the molecule is CCC(C)(C)C(CC(C)C(C)C(=O)Nc1ccc(N)cc1)c1ccccc1. The van der Waals surface area contributed by atoms with Crippen molar-refractivity contribution in [2.45, 2.75) is 53.4 Å². The molecular formula is C24H34N2O. The number of nitrogens with one attached hydrogen (secondary N) is 1. The van der Waals surface area contributed by atoms with E-state index in [1.54, 1.807) is 12.1 Å². The molecule has 0 saturated heterocycles. The van der Waals surface area contributed by atoms with Crippen LogP contribution in [0.5, 0.6) is 0 Å². The van der Waals surface area contributed by atoms with Gasteiger partial charge in [0.15, 0.2) is 0 Å². The molecule has 1 amide bonds. The van der Waals surface area contributed by atoms with E-state index < -0.39 is 0 Å². The number of hydrogen-bond donors (Lipinski definition) is 2. The molecule has 0 bridgehead atoms. The minimum atomic E-state index is -0.0681. The topological polar surface area (TPSA) is 55.1 Å². The quantitative estimate of drug-likeness (QED) is 0.555. The maximum Gasteiger partial charge on any atom is 0.227 e. The molecule has 0 aromatic heterocycles. The van der Waals surface area contributed by atoms with Crippen LogP contribution in [0.1, 0.15) is 58.9 Å². The summed E-state index contributed by atoms with van der Waals surface area (Å²) in [6.45, 7) is 11.1. The van der Waals surface area contributed by atoms with Gasteiger partial charge < -0.3 is 11.1 Å². The number of rotatable bonds is 8. The third kappa shape index (κ3) is 5.59. The normalized spacial score (nSPS) is 15.0. The molecule has 27 heavy (non-hydrogen) atoms. The van der Waals surface area contributed by atoms with Gasteiger partial charge in [-0.05, 0) is 53.5 Å². The van der Waals surface area contributed by atoms with E-state index in [4.69, 9.17) is 5.73 Å². The van der Waals surface area contributed by atoms with E-state index in [1.807, 2.05) is 19.1 Å². The van der Waals surface area contributed by atoms with E-state index in [2.05, 4.69) is 63.3 Å². The van der Waals surface area contributed by atoms with E-state index in [-0.39, 0.29) is 23.2 Å². The Morgan fingerprint density at radius 1 is 1.04 bits per heavy atom. The number of nitrogens with two attached hydrogens (primary N) is 1. The number of nitrogen functional groups attached to an aromatic ring is 1. The Hall–Kier alpha value is -2.29. The summed E-state index contributed by atoms with van der Waals surface area (Å²) >= 11 is 0. The summed E-state index contributed by atoms with van der Waals surface area (Å²) in [5, 5.41) is 3.02. The third-order valence-corrected chi connectivity index (χ3v) is 6.11. The maximum atomic E-state index is 12.7. The first-order chi connectivity index (χ1) is 12.7. The zero-order valence-electron chi connectivity index (χ0n) is 17.3. The zero-order chi connectivity index (χ0) is 20.0. The molecule has 0 saturated carbocycles. The predicted molar refractivity (Wildman–Crippen MR) is 116 cm³/mol. The Morgan fingerprint density at radius 3 is 2.19 bits per heavy atom. The molecule has 146 valence electrons. The van der Waals surface area contributed by atoms with Gasteiger partial charge in [-0.15, -0.1) is 0 Å². The van der Waals surface area contributed by atoms with E-state index in [9.17, 15) is 4.79 Å². The first-order valence-electron chi connectivity index (χ1n) is 9.96. The Kier molecular flexibility index (Phi) is 7.06. The lowest BCUT2D eigenvalue weighted by atomic mass is 9.68. The van der Waals surface area contributed by atoms with E-state index in [0.717, 1.165) is 18.5 Å². The second-order valence-electron chi connectivity index (χ2n) is 8.42. The molecule has 2 aromatic rings. The third-order valence-electron chi connectivity index (χ3n) is 6.11. The summed E-state index contributed by atoms with van der Waals surface area (Å²) in [4.78, 5) is 12.7. The lowest BCUT2D eigenvalue weighted by Crippen LogP contribution is -2.30. The van der Waals surface area contributed by atoms with Gasteiger partial charge in [0.05, 0.1) is 0 Å². The van der Waals surface area contributed by atoms with Crippen LogP contribution in [0.3, 0.4) is 0 Å². The van der Waals surface area contributed by atoms with E-state index in [1.165, 1.54) is 5.56 Å². The second kappa shape index (κ2) is 9.07. The fraction of sp³-hybridized carbons (Fsp3) is 0.458. The van der Waals surface area contributed by atoms with Gasteiger partial charge in [-0.25, -0.2) is 0 Å². The summed E-state index contributed by atoms with van der Waals surface area (Å²) in [5.41, 5.74) is 8.75. The first-order valence-corrected chi connectivity index (χ1v) is 9.96. The highest BCUT2D eigenvalue weighted by atomic mass is 16.1. The van der Waals surface area contributed by atoms with Crippen molar-refractivity contribution < 1.29 is 4.79 Å². The standard InChI is InChI=1S/C24H34N2O/c1-6-24(4,5)22(19-10-8-7-9-11-19)16-17(2)18(3)23(27)26-21-14-12-20(25)13-15-21/h7-15,17-18,22H,6,16,25H2,1-5H3,(H,26,27). The first kappa shape index (κ1) is 21.0. The molecule has 0 aliphatic rings. The molecule has 3 unspecified atom stereocenters. The summed E-state index contributed by atoms with van der Waals surface area (Å²) in [7, 11) is 0. The summed E-state index contributed by atoms with van der Waals surface area (Å²) in [6, 6.07) is 18.0. The second-order valence-corrected chi connectivity index (χ2v) is 8.42. The van der Waals surface area contributed by atoms with Crippen molar-refractivity contribution >= 4 is 17.3 Å². The van der Waals surface area contributed by atoms with Gasteiger partial charge in [-0.2, -0.15) is 0 Å². The van der Waals surface area contributed by atoms with Crippen molar-refractivity contribution in [3.8, 4) is 0 Å². The molecule has 3 atom stereocenters. The van der Waals surface area contributed by atoms with Crippen molar-refractivity contribution in [3.63, 3.8) is 0 Å². The number of hydrogen-bond acceptors (Lipinski definition) is 2. The molecule has 2 rings (SSSR count). The highest BCUT2D eigenvalue weighted by molar-refractivity contribution is 5.92. The highest BCUT2D eigenvalue weighted by Gasteiger charge is 2.32. The molecule has 0 spiro atoms. The van der Waals surface area contributed by atoms with Crippen LogP contribution in [0.25, 0.3) is 0 Å². The Morgan fingerprint density at radius 2 is 1.63 bits per heavy atom. The zero-order valence-corrected chi connectivity index (χ0v) is 17.3. The largest absolute Gasteiger partial charge is 0.399 e. The van der Waals surface area contributed by atoms with Gasteiger partial charge >= 0.3 is 0 Å². The molecule has 0 aliphatic carbocycles. The minimum absolute atomic E-state index is 0.0633. The van der Waals surface area contributed by atoms with Crippen LogP contribution in [0.2, 0.25) is 0 Å². The smallest absolute Gasteiger partial charge is 0.227 e. The van der Waals surface area contributed by atoms with Crippen LogP contribution in [0.4, 0.5) is 11.4 Å². The van der Waals surface area contributed by atoms with Crippen LogP contribution in [-0.4, -0.2) is 5.91 Å². The average Bonchev–Trinajstić information content (AvgIpc) is 2.67. The maximum absolute atomic E-state index is 12.7. The van der Waals surface area contributed by atoms with Gasteiger partial charge in [0.1, 0.15) is 0 Å². The average molecular weight is 367 g/mol. The molecule has 3 N–H and O–H groups in total. The summed E-state index contributed by atoms with van der Waals surface area (Å²) < 4.78 is 0. The molecular weight excluding hydrogens is 332 g/mol. The Balaban J connectivity index is 2.10. The van der Waals surface area contributed by atoms with Crippen LogP contribution in [0.15, 0.2) is 54.6 Å². The van der Waals surface area contributed by atoms with Gasteiger partial charge in [0.25, 0.3) is 0 Å².